The quantitative estimate of drug-likeness (QED) is 0.828. The highest BCUT2D eigenvalue weighted by molar-refractivity contribution is 7.89. The Morgan fingerprint density at radius 2 is 2.15 bits per heavy atom. The second-order valence-corrected chi connectivity index (χ2v) is 9.89. The summed E-state index contributed by atoms with van der Waals surface area (Å²) < 4.78 is 37.9. The van der Waals surface area contributed by atoms with Crippen molar-refractivity contribution in [3.05, 3.63) is 52.9 Å². The van der Waals surface area contributed by atoms with Crippen molar-refractivity contribution in [1.82, 2.24) is 15.3 Å². The lowest BCUT2D eigenvalue weighted by atomic mass is 9.80. The molecule has 7 heteroatoms. The van der Waals surface area contributed by atoms with Crippen molar-refractivity contribution in [2.24, 2.45) is 5.92 Å². The Hall–Kier alpha value is -1.72. The van der Waals surface area contributed by atoms with Crippen molar-refractivity contribution in [1.29, 1.82) is 0 Å². The SMILES string of the molecule is CN(C)CC1NN(C)CC2CC=C(c3cc#cc(F)c3CS(C)(=O)=O)C=C21. The zero-order chi connectivity index (χ0) is 19.8. The summed E-state index contributed by atoms with van der Waals surface area (Å²) in [7, 11) is 2.75. The van der Waals surface area contributed by atoms with Crippen LogP contribution in [0.15, 0.2) is 23.8 Å². The topological polar surface area (TPSA) is 52.6 Å². The zero-order valence-electron chi connectivity index (χ0n) is 16.2. The van der Waals surface area contributed by atoms with Gasteiger partial charge in [0.25, 0.3) is 0 Å². The van der Waals surface area contributed by atoms with E-state index in [1.54, 1.807) is 6.07 Å². The first-order chi connectivity index (χ1) is 12.6. The Bertz CT molecular complexity index is 875. The van der Waals surface area contributed by atoms with E-state index in [0.717, 1.165) is 31.3 Å². The molecule has 3 rings (SSSR count). The van der Waals surface area contributed by atoms with Crippen LogP contribution in [0.4, 0.5) is 4.39 Å². The predicted octanol–water partition coefficient (Wildman–Crippen LogP) is 1.68. The molecule has 1 aromatic carbocycles. The Balaban J connectivity index is 2.00. The molecule has 1 heterocycles. The largest absolute Gasteiger partial charge is 0.307 e. The van der Waals surface area contributed by atoms with Gasteiger partial charge in [-0.05, 0) is 55.3 Å². The van der Waals surface area contributed by atoms with E-state index < -0.39 is 15.7 Å². The number of fused-ring (bicyclic) bond motifs is 1. The van der Waals surface area contributed by atoms with Gasteiger partial charge in [-0.15, -0.1) is 0 Å². The third-order valence-corrected chi connectivity index (χ3v) is 5.76. The molecular weight excluding hydrogens is 365 g/mol. The summed E-state index contributed by atoms with van der Waals surface area (Å²) in [6.45, 7) is 1.75. The summed E-state index contributed by atoms with van der Waals surface area (Å²) >= 11 is 0. The smallest absolute Gasteiger partial charge is 0.178 e. The van der Waals surface area contributed by atoms with Crippen LogP contribution < -0.4 is 5.43 Å². The summed E-state index contributed by atoms with van der Waals surface area (Å²) in [4.78, 5) is 2.13. The van der Waals surface area contributed by atoms with E-state index in [2.05, 4.69) is 39.6 Å². The molecule has 1 aliphatic heterocycles. The molecule has 1 saturated heterocycles. The highest BCUT2D eigenvalue weighted by atomic mass is 32.2. The van der Waals surface area contributed by atoms with Crippen LogP contribution >= 0.6 is 0 Å². The van der Waals surface area contributed by atoms with Gasteiger partial charge >= 0.3 is 0 Å². The molecule has 0 spiro atoms. The first-order valence-corrected chi connectivity index (χ1v) is 11.0. The van der Waals surface area contributed by atoms with E-state index in [-0.39, 0.29) is 17.4 Å². The number of rotatable bonds is 5. The van der Waals surface area contributed by atoms with Crippen LogP contribution in [0, 0.1) is 23.9 Å². The molecule has 0 bridgehead atoms. The van der Waals surface area contributed by atoms with Crippen molar-refractivity contribution in [3.63, 3.8) is 0 Å². The molecule has 0 saturated carbocycles. The number of allylic oxidation sites excluding steroid dienone is 3. The molecule has 1 aliphatic carbocycles. The molecule has 1 N–H and O–H groups in total. The summed E-state index contributed by atoms with van der Waals surface area (Å²) in [5, 5.41) is 2.12. The van der Waals surface area contributed by atoms with Crippen LogP contribution in [-0.4, -0.2) is 64.9 Å². The lowest BCUT2D eigenvalue weighted by molar-refractivity contribution is 0.131. The Labute approximate surface area is 161 Å². The maximum absolute atomic E-state index is 14.3. The molecule has 0 radical (unpaired) electrons. The van der Waals surface area contributed by atoms with Crippen molar-refractivity contribution in [2.45, 2.75) is 18.2 Å². The lowest BCUT2D eigenvalue weighted by Crippen LogP contribution is -2.55. The number of sulfone groups is 1. The first-order valence-electron chi connectivity index (χ1n) is 8.96. The van der Waals surface area contributed by atoms with Gasteiger partial charge in [0.05, 0.1) is 11.8 Å². The number of likely N-dealkylation sites (N-methyl/N-ethyl adjacent to an activating group) is 1. The van der Waals surface area contributed by atoms with Crippen LogP contribution in [0.3, 0.4) is 0 Å². The molecule has 5 nitrogen and oxygen atoms in total. The van der Waals surface area contributed by atoms with Gasteiger partial charge < -0.3 is 4.90 Å². The Morgan fingerprint density at radius 3 is 2.81 bits per heavy atom. The van der Waals surface area contributed by atoms with E-state index in [9.17, 15) is 12.8 Å². The van der Waals surface area contributed by atoms with E-state index in [0.29, 0.717) is 11.5 Å². The van der Waals surface area contributed by atoms with Crippen LogP contribution in [-0.2, 0) is 15.6 Å². The van der Waals surface area contributed by atoms with Gasteiger partial charge in [0.2, 0.25) is 0 Å². The molecular formula is C20H26FN3O2S. The number of hydrazine groups is 1. The Morgan fingerprint density at radius 1 is 1.41 bits per heavy atom. The second kappa shape index (κ2) is 7.72. The maximum Gasteiger partial charge on any atom is 0.178 e. The van der Waals surface area contributed by atoms with E-state index in [1.807, 2.05) is 21.1 Å². The molecule has 146 valence electrons. The molecule has 1 aromatic rings. The molecule has 2 unspecified atom stereocenters. The molecule has 0 aromatic heterocycles. The Kier molecular flexibility index (Phi) is 5.73. The molecule has 1 fully saturated rings. The molecule has 27 heavy (non-hydrogen) atoms. The fourth-order valence-corrected chi connectivity index (χ4v) is 4.67. The van der Waals surface area contributed by atoms with Gasteiger partial charge in [-0.25, -0.2) is 18.9 Å². The van der Waals surface area contributed by atoms with Crippen molar-refractivity contribution in [2.75, 3.05) is 40.5 Å². The molecule has 2 atom stereocenters. The third kappa shape index (κ3) is 4.77. The number of halogens is 1. The molecule has 0 amide bonds. The zero-order valence-corrected chi connectivity index (χ0v) is 17.0. The number of hydrogen-bond donors (Lipinski definition) is 1. The van der Waals surface area contributed by atoms with Gasteiger partial charge in [-0.1, -0.05) is 18.2 Å². The van der Waals surface area contributed by atoms with E-state index in [4.69, 9.17) is 0 Å². The fraction of sp³-hybridized carbons (Fsp3) is 0.500. The standard InChI is InChI=1S/C20H26FN3O2S/c1-23(2)12-20-17-10-14(8-9-15(17)11-24(3)22-20)16-6-5-7-19(21)18(16)13-27(4,25)26/h6,8,10,15,20,22H,9,11-13H2,1-4H3. The van der Waals surface area contributed by atoms with Crippen molar-refractivity contribution >= 4 is 15.4 Å². The number of nitrogens with zero attached hydrogens (tertiary/aromatic N) is 2. The van der Waals surface area contributed by atoms with Gasteiger partial charge in [-0.2, -0.15) is 4.39 Å². The van der Waals surface area contributed by atoms with Crippen LogP contribution in [0.1, 0.15) is 17.5 Å². The fourth-order valence-electron chi connectivity index (χ4n) is 3.86. The maximum atomic E-state index is 14.3. The second-order valence-electron chi connectivity index (χ2n) is 7.75. The minimum absolute atomic E-state index is 0.162. The predicted molar refractivity (Wildman–Crippen MR) is 105 cm³/mol. The summed E-state index contributed by atoms with van der Waals surface area (Å²) in [5.41, 5.74) is 6.39. The van der Waals surface area contributed by atoms with Gasteiger partial charge in [0.15, 0.2) is 15.7 Å². The highest BCUT2D eigenvalue weighted by Gasteiger charge is 2.32. The lowest BCUT2D eigenvalue weighted by Gasteiger charge is -2.41. The number of hydrogen-bond acceptors (Lipinski definition) is 5. The first kappa shape index (κ1) is 20.0. The summed E-state index contributed by atoms with van der Waals surface area (Å²) in [6.07, 6.45) is 6.13. The van der Waals surface area contributed by atoms with Crippen LogP contribution in [0.5, 0.6) is 0 Å². The van der Waals surface area contributed by atoms with Crippen LogP contribution in [0.2, 0.25) is 0 Å². The van der Waals surface area contributed by atoms with Gasteiger partial charge in [0.1, 0.15) is 0 Å². The van der Waals surface area contributed by atoms with E-state index >= 15 is 0 Å². The highest BCUT2D eigenvalue weighted by Crippen LogP contribution is 2.35. The molecule has 2 aliphatic rings. The minimum atomic E-state index is -3.37. The van der Waals surface area contributed by atoms with Crippen LogP contribution in [0.25, 0.3) is 5.57 Å². The average Bonchev–Trinajstić information content (AvgIpc) is 2.55. The van der Waals surface area contributed by atoms with Crippen molar-refractivity contribution < 1.29 is 12.8 Å². The number of nitrogens with one attached hydrogen (secondary N) is 1. The van der Waals surface area contributed by atoms with E-state index in [1.165, 1.54) is 5.57 Å². The normalized spacial score (nSPS) is 23.5. The monoisotopic (exact) mass is 391 g/mol. The minimum Gasteiger partial charge on any atom is -0.307 e. The van der Waals surface area contributed by atoms with Gasteiger partial charge in [-0.3, -0.25) is 0 Å². The van der Waals surface area contributed by atoms with Crippen molar-refractivity contribution in [3.8, 4) is 0 Å². The van der Waals surface area contributed by atoms with Gasteiger partial charge in [0, 0.05) is 32.0 Å². The third-order valence-electron chi connectivity index (χ3n) is 4.94. The average molecular weight is 392 g/mol. The summed E-state index contributed by atoms with van der Waals surface area (Å²) in [5.74, 6) is -0.594. The summed E-state index contributed by atoms with van der Waals surface area (Å²) in [6, 6.07) is 6.84.